The van der Waals surface area contributed by atoms with Gasteiger partial charge in [-0.2, -0.15) is 0 Å². The molecule has 49 heavy (non-hydrogen) atoms. The van der Waals surface area contributed by atoms with Crippen LogP contribution in [-0.2, 0) is 14.3 Å². The number of benzene rings is 3. The van der Waals surface area contributed by atoms with E-state index in [1.807, 2.05) is 20.8 Å². The lowest BCUT2D eigenvalue weighted by Crippen LogP contribution is -2.46. The van der Waals surface area contributed by atoms with Crippen LogP contribution >= 0.6 is 11.6 Å². The molecule has 2 atom stereocenters. The fourth-order valence-electron chi connectivity index (χ4n) is 5.70. The summed E-state index contributed by atoms with van der Waals surface area (Å²) in [6, 6.07) is 14.8. The molecular formula is C36H39ClN2O10. The van der Waals surface area contributed by atoms with Crippen LogP contribution in [0.4, 0.5) is 11.4 Å². The highest BCUT2D eigenvalue weighted by Gasteiger charge is 2.40. The zero-order chi connectivity index (χ0) is 35.5. The minimum atomic E-state index is -1.30. The van der Waals surface area contributed by atoms with E-state index in [9.17, 15) is 24.6 Å². The molecule has 2 heterocycles. The minimum Gasteiger partial charge on any atom is -0.493 e. The van der Waals surface area contributed by atoms with Gasteiger partial charge in [0.25, 0.3) is 5.91 Å². The van der Waals surface area contributed by atoms with Crippen LogP contribution in [0.2, 0.25) is 5.02 Å². The summed E-state index contributed by atoms with van der Waals surface area (Å²) >= 11 is 6.51. The first-order valence-electron chi connectivity index (χ1n) is 15.7. The second-order valence-electron chi connectivity index (χ2n) is 12.4. The van der Waals surface area contributed by atoms with Crippen molar-refractivity contribution in [2.24, 2.45) is 5.41 Å². The number of methoxy groups -OCH3 is 2. The Morgan fingerprint density at radius 1 is 1.04 bits per heavy atom. The number of amides is 2. The molecule has 1 aromatic heterocycles. The number of aromatic carboxylic acids is 1. The number of aliphatic hydroxyl groups excluding tert-OH is 1. The lowest BCUT2D eigenvalue weighted by atomic mass is 9.92. The number of fused-ring (bicyclic) bond motifs is 2. The van der Waals surface area contributed by atoms with Crippen LogP contribution in [-0.4, -0.2) is 68.1 Å². The molecule has 3 N–H and O–H groups in total. The first kappa shape index (κ1) is 35.5. The molecule has 0 aliphatic carbocycles. The number of hydrogen-bond donors (Lipinski definition) is 3. The average molecular weight is 695 g/mol. The number of halogens is 1. The van der Waals surface area contributed by atoms with Gasteiger partial charge in [-0.3, -0.25) is 9.59 Å². The molecular weight excluding hydrogens is 656 g/mol. The van der Waals surface area contributed by atoms with Gasteiger partial charge in [0.1, 0.15) is 12.2 Å². The van der Waals surface area contributed by atoms with Crippen molar-refractivity contribution in [2.45, 2.75) is 45.8 Å². The highest BCUT2D eigenvalue weighted by molar-refractivity contribution is 6.30. The van der Waals surface area contributed by atoms with Crippen LogP contribution in [0.1, 0.15) is 61.4 Å². The van der Waals surface area contributed by atoms with E-state index in [0.29, 0.717) is 57.4 Å². The van der Waals surface area contributed by atoms with Gasteiger partial charge in [-0.05, 0) is 42.8 Å². The maximum atomic E-state index is 14.4. The third-order valence-electron chi connectivity index (χ3n) is 8.04. The molecule has 0 radical (unpaired) electrons. The molecule has 2 amide bonds. The number of carboxylic acids is 1. The van der Waals surface area contributed by atoms with Gasteiger partial charge < -0.3 is 43.8 Å². The predicted molar refractivity (Wildman–Crippen MR) is 183 cm³/mol. The molecule has 1 aliphatic rings. The molecule has 0 saturated heterocycles. The van der Waals surface area contributed by atoms with Gasteiger partial charge in [0.05, 0.1) is 27.2 Å². The third-order valence-corrected chi connectivity index (χ3v) is 8.28. The summed E-state index contributed by atoms with van der Waals surface area (Å²) in [5.74, 6) is -1.48. The number of nitrogens with zero attached hydrogens (tertiary/aromatic N) is 1. The number of carboxylic acid groups (broad SMARTS) is 1. The number of rotatable bonds is 13. The Labute approximate surface area is 288 Å². The maximum absolute atomic E-state index is 14.4. The molecule has 0 spiro atoms. The van der Waals surface area contributed by atoms with E-state index in [1.54, 1.807) is 48.5 Å². The fourth-order valence-corrected chi connectivity index (χ4v) is 5.88. The standard InChI is InChI=1S/C36H39ClN2O10/c1-6-12-47-27-16-22(13-20-14-29(35(43)44)49-31(20)27)38-30(41)17-28-34(42)39(18-36(2,3)19-40)25-11-10-21(37)15-24(25)32(48-28)23-8-7-9-26(45-4)33(23)46-5/h7-11,13-16,28,32,40H,6,12,17-19H2,1-5H3,(H,38,41)(H,43,44)/t28-,32-/m1/s1. The van der Waals surface area contributed by atoms with E-state index < -0.39 is 41.8 Å². The van der Waals surface area contributed by atoms with Crippen LogP contribution in [0.25, 0.3) is 11.0 Å². The molecule has 0 fully saturated rings. The Morgan fingerprint density at radius 3 is 2.49 bits per heavy atom. The Bertz CT molecular complexity index is 1870. The lowest BCUT2D eigenvalue weighted by molar-refractivity contribution is -0.136. The van der Waals surface area contributed by atoms with Crippen LogP contribution in [0.15, 0.2) is 59.0 Å². The van der Waals surface area contributed by atoms with Crippen molar-refractivity contribution >= 4 is 51.7 Å². The number of anilines is 2. The van der Waals surface area contributed by atoms with E-state index in [4.69, 9.17) is 35.0 Å². The van der Waals surface area contributed by atoms with Gasteiger partial charge >= 0.3 is 5.97 Å². The molecule has 1 aliphatic heterocycles. The molecule has 13 heteroatoms. The summed E-state index contributed by atoms with van der Waals surface area (Å²) in [5.41, 5.74) is 1.44. The van der Waals surface area contributed by atoms with Crippen molar-refractivity contribution in [3.8, 4) is 17.2 Å². The van der Waals surface area contributed by atoms with Crippen LogP contribution in [0.3, 0.4) is 0 Å². The Kier molecular flexibility index (Phi) is 10.7. The quantitative estimate of drug-likeness (QED) is 0.142. The summed E-state index contributed by atoms with van der Waals surface area (Å²) < 4.78 is 29.2. The largest absolute Gasteiger partial charge is 0.493 e. The molecule has 260 valence electrons. The van der Waals surface area contributed by atoms with Crippen LogP contribution in [0, 0.1) is 5.41 Å². The van der Waals surface area contributed by atoms with Gasteiger partial charge in [0, 0.05) is 57.5 Å². The van der Waals surface area contributed by atoms with Gasteiger partial charge in [0.15, 0.2) is 22.8 Å². The van der Waals surface area contributed by atoms with Crippen molar-refractivity contribution < 1.29 is 48.0 Å². The maximum Gasteiger partial charge on any atom is 0.371 e. The van der Waals surface area contributed by atoms with Crippen molar-refractivity contribution in [1.29, 1.82) is 0 Å². The average Bonchev–Trinajstić information content (AvgIpc) is 3.48. The summed E-state index contributed by atoms with van der Waals surface area (Å²) in [5, 5.41) is 23.2. The van der Waals surface area contributed by atoms with Crippen molar-refractivity contribution in [2.75, 3.05) is 44.2 Å². The number of ether oxygens (including phenoxy) is 4. The van der Waals surface area contributed by atoms with Crippen LogP contribution in [0.5, 0.6) is 17.2 Å². The van der Waals surface area contributed by atoms with Gasteiger partial charge in [0.2, 0.25) is 11.7 Å². The van der Waals surface area contributed by atoms with Crippen LogP contribution < -0.4 is 24.4 Å². The SMILES string of the molecule is CCCOc1cc(NC(=O)C[C@H]2O[C@H](c3cccc(OC)c3OC)c3cc(Cl)ccc3N(CC(C)(C)CO)C2=O)cc2cc(C(=O)O)oc12. The number of hydrogen-bond acceptors (Lipinski definition) is 9. The zero-order valence-electron chi connectivity index (χ0n) is 27.9. The van der Waals surface area contributed by atoms with Crippen molar-refractivity contribution in [1.82, 2.24) is 0 Å². The van der Waals surface area contributed by atoms with Gasteiger partial charge in [-0.1, -0.05) is 44.5 Å². The molecule has 0 bridgehead atoms. The Hall–Kier alpha value is -4.78. The monoisotopic (exact) mass is 694 g/mol. The van der Waals surface area contributed by atoms with Crippen molar-refractivity contribution in [3.05, 3.63) is 76.5 Å². The van der Waals surface area contributed by atoms with E-state index in [1.165, 1.54) is 25.2 Å². The summed E-state index contributed by atoms with van der Waals surface area (Å²) in [7, 11) is 3.01. The number of aliphatic hydroxyl groups is 1. The predicted octanol–water partition coefficient (Wildman–Crippen LogP) is 6.46. The number of furan rings is 1. The Balaban J connectivity index is 1.55. The van der Waals surface area contributed by atoms with E-state index in [-0.39, 0.29) is 30.2 Å². The fraction of sp³-hybridized carbons (Fsp3) is 0.361. The lowest BCUT2D eigenvalue weighted by Gasteiger charge is -2.32. The smallest absolute Gasteiger partial charge is 0.371 e. The van der Waals surface area contributed by atoms with E-state index in [2.05, 4.69) is 5.32 Å². The third kappa shape index (κ3) is 7.61. The summed E-state index contributed by atoms with van der Waals surface area (Å²) in [4.78, 5) is 41.2. The van der Waals surface area contributed by atoms with Gasteiger partial charge in [-0.25, -0.2) is 4.79 Å². The van der Waals surface area contributed by atoms with Gasteiger partial charge in [-0.15, -0.1) is 0 Å². The van der Waals surface area contributed by atoms with Crippen molar-refractivity contribution in [3.63, 3.8) is 0 Å². The highest BCUT2D eigenvalue weighted by atomic mass is 35.5. The summed E-state index contributed by atoms with van der Waals surface area (Å²) in [6.45, 7) is 5.81. The molecule has 12 nitrogen and oxygen atoms in total. The first-order valence-corrected chi connectivity index (χ1v) is 16.1. The highest BCUT2D eigenvalue weighted by Crippen LogP contribution is 2.46. The summed E-state index contributed by atoms with van der Waals surface area (Å²) in [6.07, 6.45) is -1.93. The number of carbonyl (C=O) groups excluding carboxylic acids is 2. The number of para-hydroxylation sites is 1. The molecule has 0 saturated carbocycles. The second-order valence-corrected chi connectivity index (χ2v) is 12.9. The molecule has 4 aromatic rings. The zero-order valence-corrected chi connectivity index (χ0v) is 28.6. The number of carbonyl (C=O) groups is 3. The molecule has 5 rings (SSSR count). The normalized spacial score (nSPS) is 16.2. The second kappa shape index (κ2) is 14.8. The Morgan fingerprint density at radius 2 is 1.82 bits per heavy atom. The topological polar surface area (TPSA) is 157 Å². The van der Waals surface area contributed by atoms with E-state index >= 15 is 0 Å². The first-order chi connectivity index (χ1) is 23.4. The number of nitrogens with one attached hydrogen (secondary N) is 1. The molecule has 0 unspecified atom stereocenters. The minimum absolute atomic E-state index is 0.113. The molecule has 3 aromatic carbocycles. The van der Waals surface area contributed by atoms with E-state index in [0.717, 1.165) is 0 Å².